The summed E-state index contributed by atoms with van der Waals surface area (Å²) in [5, 5.41) is 0. The van der Waals surface area contributed by atoms with Crippen LogP contribution >= 0.6 is 0 Å². The largest absolute Gasteiger partial charge is 0.421 e. The van der Waals surface area contributed by atoms with Crippen LogP contribution in [0.3, 0.4) is 0 Å². The van der Waals surface area contributed by atoms with Crippen molar-refractivity contribution in [1.29, 1.82) is 0 Å². The van der Waals surface area contributed by atoms with Gasteiger partial charge in [0.2, 0.25) is 5.91 Å². The number of alkyl halides is 3. The fourth-order valence-corrected chi connectivity index (χ4v) is 2.37. The molecule has 2 rings (SSSR count). The van der Waals surface area contributed by atoms with Crippen molar-refractivity contribution in [3.8, 4) is 0 Å². The molecule has 2 heterocycles. The van der Waals surface area contributed by atoms with Crippen molar-refractivity contribution in [2.45, 2.75) is 19.1 Å². The summed E-state index contributed by atoms with van der Waals surface area (Å²) < 4.78 is 38.7. The first-order chi connectivity index (χ1) is 9.82. The average Bonchev–Trinajstić information content (AvgIpc) is 2.88. The van der Waals surface area contributed by atoms with Gasteiger partial charge in [0.1, 0.15) is 12.1 Å². The van der Waals surface area contributed by atoms with Crippen LogP contribution in [-0.4, -0.2) is 35.0 Å². The van der Waals surface area contributed by atoms with Gasteiger partial charge in [0.25, 0.3) is 5.56 Å². The van der Waals surface area contributed by atoms with Crippen molar-refractivity contribution in [1.82, 2.24) is 9.47 Å². The van der Waals surface area contributed by atoms with E-state index in [4.69, 9.17) is 5.73 Å². The highest BCUT2D eigenvalue weighted by molar-refractivity contribution is 5.76. The molecule has 0 radical (unpaired) electrons. The van der Waals surface area contributed by atoms with Crippen LogP contribution in [0.4, 0.5) is 13.2 Å². The van der Waals surface area contributed by atoms with Crippen LogP contribution in [0.1, 0.15) is 12.0 Å². The number of nitrogens with two attached hydrogens (primary N) is 1. The van der Waals surface area contributed by atoms with Crippen molar-refractivity contribution in [3.63, 3.8) is 0 Å². The summed E-state index contributed by atoms with van der Waals surface area (Å²) in [5.74, 6) is -0.153. The van der Waals surface area contributed by atoms with Crippen molar-refractivity contribution >= 4 is 5.91 Å². The summed E-state index contributed by atoms with van der Waals surface area (Å²) in [6, 6.07) is 1.83. The van der Waals surface area contributed by atoms with Gasteiger partial charge in [-0.3, -0.25) is 9.59 Å². The maximum absolute atomic E-state index is 12.6. The first kappa shape index (κ1) is 15.6. The van der Waals surface area contributed by atoms with E-state index in [1.807, 2.05) is 0 Å². The second kappa shape index (κ2) is 5.88. The van der Waals surface area contributed by atoms with Gasteiger partial charge in [-0.25, -0.2) is 0 Å². The molecule has 0 bridgehead atoms. The van der Waals surface area contributed by atoms with E-state index in [1.165, 1.54) is 11.1 Å². The Labute approximate surface area is 119 Å². The second-order valence-corrected chi connectivity index (χ2v) is 5.08. The van der Waals surface area contributed by atoms with Crippen molar-refractivity contribution < 1.29 is 18.0 Å². The van der Waals surface area contributed by atoms with Crippen molar-refractivity contribution in [2.75, 3.05) is 19.6 Å². The van der Waals surface area contributed by atoms with Gasteiger partial charge in [-0.05, 0) is 31.0 Å². The van der Waals surface area contributed by atoms with Crippen LogP contribution < -0.4 is 11.3 Å². The molecule has 0 aromatic carbocycles. The molecule has 0 saturated carbocycles. The van der Waals surface area contributed by atoms with Gasteiger partial charge in [0, 0.05) is 19.3 Å². The molecule has 1 aliphatic rings. The van der Waals surface area contributed by atoms with E-state index in [0.717, 1.165) is 17.1 Å². The maximum atomic E-state index is 12.6. The molecule has 116 valence electrons. The summed E-state index contributed by atoms with van der Waals surface area (Å²) in [6.45, 7) is 1.09. The molecule has 2 N–H and O–H groups in total. The minimum Gasteiger partial charge on any atom is -0.341 e. The lowest BCUT2D eigenvalue weighted by Crippen LogP contribution is -2.37. The minimum absolute atomic E-state index is 0.215. The van der Waals surface area contributed by atoms with Crippen LogP contribution in [0, 0.1) is 5.92 Å². The van der Waals surface area contributed by atoms with Crippen LogP contribution in [0.15, 0.2) is 23.1 Å². The van der Waals surface area contributed by atoms with Gasteiger partial charge in [0.05, 0.1) is 0 Å². The zero-order valence-corrected chi connectivity index (χ0v) is 11.3. The Balaban J connectivity index is 2.14. The highest BCUT2D eigenvalue weighted by atomic mass is 19.4. The van der Waals surface area contributed by atoms with Gasteiger partial charge in [-0.15, -0.1) is 0 Å². The topological polar surface area (TPSA) is 68.3 Å². The van der Waals surface area contributed by atoms with E-state index >= 15 is 0 Å². The lowest BCUT2D eigenvalue weighted by molar-refractivity contribution is -0.139. The summed E-state index contributed by atoms with van der Waals surface area (Å²) in [6.07, 6.45) is -2.76. The SMILES string of the molecule is NCC1CCN(C(=O)Cn2cccc(C(F)(F)F)c2=O)C1. The summed E-state index contributed by atoms with van der Waals surface area (Å²) in [5.41, 5.74) is 3.06. The standard InChI is InChI=1S/C13H16F3N3O2/c14-13(15,16)10-2-1-4-19(12(10)21)8-11(20)18-5-3-9(6-17)7-18/h1-2,4,9H,3,5-8,17H2. The summed E-state index contributed by atoms with van der Waals surface area (Å²) >= 11 is 0. The maximum Gasteiger partial charge on any atom is 0.421 e. The normalized spacial score (nSPS) is 19.0. The zero-order valence-electron chi connectivity index (χ0n) is 11.3. The number of carbonyl (C=O) groups excluding carboxylic acids is 1. The van der Waals surface area contributed by atoms with Crippen LogP contribution in [0.25, 0.3) is 0 Å². The fourth-order valence-electron chi connectivity index (χ4n) is 2.37. The molecule has 21 heavy (non-hydrogen) atoms. The number of nitrogens with zero attached hydrogens (tertiary/aromatic N) is 2. The third-order valence-corrected chi connectivity index (χ3v) is 3.60. The Morgan fingerprint density at radius 3 is 2.71 bits per heavy atom. The number of aromatic nitrogens is 1. The van der Waals surface area contributed by atoms with Gasteiger partial charge >= 0.3 is 6.18 Å². The Hall–Kier alpha value is -1.83. The molecular formula is C13H16F3N3O2. The van der Waals surface area contributed by atoms with Gasteiger partial charge in [0.15, 0.2) is 0 Å². The number of likely N-dealkylation sites (tertiary alicyclic amines) is 1. The smallest absolute Gasteiger partial charge is 0.341 e. The number of carbonyl (C=O) groups is 1. The molecule has 8 heteroatoms. The molecule has 1 aliphatic heterocycles. The van der Waals surface area contributed by atoms with Gasteiger partial charge in [-0.1, -0.05) is 0 Å². The Kier molecular flexibility index (Phi) is 4.36. The molecule has 1 saturated heterocycles. The number of amides is 1. The Morgan fingerprint density at radius 2 is 2.14 bits per heavy atom. The van der Waals surface area contributed by atoms with Gasteiger partial charge < -0.3 is 15.2 Å². The lowest BCUT2D eigenvalue weighted by atomic mass is 10.1. The third-order valence-electron chi connectivity index (χ3n) is 3.60. The first-order valence-corrected chi connectivity index (χ1v) is 6.57. The van der Waals surface area contributed by atoms with E-state index in [1.54, 1.807) is 0 Å². The highest BCUT2D eigenvalue weighted by Gasteiger charge is 2.34. The molecule has 1 unspecified atom stereocenters. The molecular weight excluding hydrogens is 287 g/mol. The highest BCUT2D eigenvalue weighted by Crippen LogP contribution is 2.26. The fraction of sp³-hybridized carbons (Fsp3) is 0.538. The molecule has 1 fully saturated rings. The lowest BCUT2D eigenvalue weighted by Gasteiger charge is -2.17. The molecule has 0 aliphatic carbocycles. The third kappa shape index (κ3) is 3.44. The first-order valence-electron chi connectivity index (χ1n) is 6.57. The molecule has 1 aromatic rings. The minimum atomic E-state index is -4.72. The van der Waals surface area contributed by atoms with E-state index in [2.05, 4.69) is 0 Å². The van der Waals surface area contributed by atoms with E-state index in [-0.39, 0.29) is 18.4 Å². The predicted octanol–water partition coefficient (Wildman–Crippen LogP) is 0.674. The van der Waals surface area contributed by atoms with E-state index < -0.39 is 17.3 Å². The number of hydrogen-bond acceptors (Lipinski definition) is 3. The second-order valence-electron chi connectivity index (χ2n) is 5.08. The number of halogens is 3. The molecule has 0 spiro atoms. The predicted molar refractivity (Wildman–Crippen MR) is 69.4 cm³/mol. The van der Waals surface area contributed by atoms with Crippen LogP contribution in [0.5, 0.6) is 0 Å². The quantitative estimate of drug-likeness (QED) is 0.892. The zero-order chi connectivity index (χ0) is 15.6. The molecule has 1 atom stereocenters. The Bertz CT molecular complexity index is 583. The number of hydrogen-bond donors (Lipinski definition) is 1. The summed E-state index contributed by atoms with van der Waals surface area (Å²) in [7, 11) is 0. The van der Waals surface area contributed by atoms with Crippen molar-refractivity contribution in [3.05, 3.63) is 34.2 Å². The van der Waals surface area contributed by atoms with Crippen LogP contribution in [0.2, 0.25) is 0 Å². The monoisotopic (exact) mass is 303 g/mol. The summed E-state index contributed by atoms with van der Waals surface area (Å²) in [4.78, 5) is 25.3. The molecule has 5 nitrogen and oxygen atoms in total. The van der Waals surface area contributed by atoms with Crippen LogP contribution in [-0.2, 0) is 17.5 Å². The molecule has 1 aromatic heterocycles. The average molecular weight is 303 g/mol. The molecule has 1 amide bonds. The Morgan fingerprint density at radius 1 is 1.43 bits per heavy atom. The van der Waals surface area contributed by atoms with E-state index in [9.17, 15) is 22.8 Å². The van der Waals surface area contributed by atoms with Gasteiger partial charge in [-0.2, -0.15) is 13.2 Å². The van der Waals surface area contributed by atoms with Crippen molar-refractivity contribution in [2.24, 2.45) is 11.7 Å². The van der Waals surface area contributed by atoms with E-state index in [0.29, 0.717) is 25.7 Å². The number of rotatable bonds is 3. The number of pyridine rings is 1.